The smallest absolute Gasteiger partial charge is 0.387 e. The summed E-state index contributed by atoms with van der Waals surface area (Å²) in [6, 6.07) is 12.3. The molecule has 1 heterocycles. The average molecular weight is 422 g/mol. The van der Waals surface area contributed by atoms with E-state index in [1.807, 2.05) is 13.8 Å². The van der Waals surface area contributed by atoms with Crippen LogP contribution in [0, 0.1) is 0 Å². The molecule has 152 valence electrons. The van der Waals surface area contributed by atoms with Crippen LogP contribution >= 0.6 is 11.6 Å². The summed E-state index contributed by atoms with van der Waals surface area (Å²) in [6.45, 7) is 0.883. The number of benzene rings is 2. The highest BCUT2D eigenvalue weighted by Crippen LogP contribution is 2.22. The molecule has 0 saturated heterocycles. The van der Waals surface area contributed by atoms with Crippen LogP contribution in [0.5, 0.6) is 5.75 Å². The highest BCUT2D eigenvalue weighted by atomic mass is 35.5. The number of amides is 1. The highest BCUT2D eigenvalue weighted by Gasteiger charge is 2.22. The van der Waals surface area contributed by atoms with Crippen molar-refractivity contribution in [2.24, 2.45) is 0 Å². The first kappa shape index (κ1) is 20.7. The summed E-state index contributed by atoms with van der Waals surface area (Å²) < 4.78 is 34.5. The molecule has 3 aromatic rings. The summed E-state index contributed by atoms with van der Waals surface area (Å²) in [6.07, 6.45) is 0. The quantitative estimate of drug-likeness (QED) is 0.534. The Kier molecular flexibility index (Phi) is 6.43. The maximum absolute atomic E-state index is 12.9. The predicted octanol–water partition coefficient (Wildman–Crippen LogP) is 5.04. The van der Waals surface area contributed by atoms with Gasteiger partial charge in [-0.25, -0.2) is 0 Å². The molecule has 29 heavy (non-hydrogen) atoms. The van der Waals surface area contributed by atoms with Gasteiger partial charge in [-0.3, -0.25) is 4.79 Å². The topological polar surface area (TPSA) is 68.5 Å². The van der Waals surface area contributed by atoms with E-state index in [0.717, 1.165) is 0 Å². The Morgan fingerprint density at radius 3 is 2.34 bits per heavy atom. The van der Waals surface area contributed by atoms with Gasteiger partial charge in [0.1, 0.15) is 5.75 Å². The van der Waals surface area contributed by atoms with Crippen LogP contribution < -0.4 is 4.74 Å². The number of alkyl halides is 2. The Bertz CT molecular complexity index is 960. The number of hydrogen-bond acceptors (Lipinski definition) is 5. The second-order valence-electron chi connectivity index (χ2n) is 6.44. The average Bonchev–Trinajstić information content (AvgIpc) is 3.15. The molecule has 9 heteroatoms. The number of rotatable bonds is 7. The van der Waals surface area contributed by atoms with Gasteiger partial charge in [-0.1, -0.05) is 11.6 Å². The summed E-state index contributed by atoms with van der Waals surface area (Å²) >= 11 is 5.88. The molecule has 1 amide bonds. The van der Waals surface area contributed by atoms with Gasteiger partial charge < -0.3 is 14.1 Å². The predicted molar refractivity (Wildman–Crippen MR) is 103 cm³/mol. The van der Waals surface area contributed by atoms with Crippen LogP contribution in [0.2, 0.25) is 5.02 Å². The Hall–Kier alpha value is -3.00. The zero-order chi connectivity index (χ0) is 21.0. The lowest BCUT2D eigenvalue weighted by atomic mass is 10.1. The van der Waals surface area contributed by atoms with E-state index >= 15 is 0 Å². The van der Waals surface area contributed by atoms with Gasteiger partial charge in [0.25, 0.3) is 5.91 Å². The van der Waals surface area contributed by atoms with Gasteiger partial charge in [-0.2, -0.15) is 8.78 Å². The molecule has 0 radical (unpaired) electrons. The molecule has 0 saturated carbocycles. The number of ether oxygens (including phenoxy) is 1. The third-order valence-corrected chi connectivity index (χ3v) is 4.33. The van der Waals surface area contributed by atoms with Crippen molar-refractivity contribution < 1.29 is 22.7 Å². The lowest BCUT2D eigenvalue weighted by molar-refractivity contribution is -0.0498. The summed E-state index contributed by atoms with van der Waals surface area (Å²) in [5, 5.41) is 8.62. The van der Waals surface area contributed by atoms with Crippen molar-refractivity contribution in [1.82, 2.24) is 15.1 Å². The van der Waals surface area contributed by atoms with Gasteiger partial charge >= 0.3 is 6.61 Å². The SMILES string of the molecule is CC(C)N(Cc1nnc(-c2ccc(Cl)cc2)o1)C(=O)c1ccc(OC(F)F)cc1. The van der Waals surface area contributed by atoms with Crippen molar-refractivity contribution >= 4 is 17.5 Å². The fourth-order valence-corrected chi connectivity index (χ4v) is 2.73. The van der Waals surface area contributed by atoms with Gasteiger partial charge in [-0.05, 0) is 62.4 Å². The van der Waals surface area contributed by atoms with E-state index in [1.165, 1.54) is 24.3 Å². The van der Waals surface area contributed by atoms with Crippen LogP contribution in [0.25, 0.3) is 11.5 Å². The summed E-state index contributed by atoms with van der Waals surface area (Å²) in [7, 11) is 0. The van der Waals surface area contributed by atoms with E-state index in [0.29, 0.717) is 22.0 Å². The molecule has 0 bridgehead atoms. The molecule has 0 fully saturated rings. The summed E-state index contributed by atoms with van der Waals surface area (Å²) in [5.41, 5.74) is 1.04. The first-order valence-electron chi connectivity index (χ1n) is 8.77. The third kappa shape index (κ3) is 5.29. The van der Waals surface area contributed by atoms with Gasteiger partial charge in [0, 0.05) is 22.2 Å². The lowest BCUT2D eigenvalue weighted by Gasteiger charge is -2.25. The minimum atomic E-state index is -2.92. The van der Waals surface area contributed by atoms with E-state index in [9.17, 15) is 13.6 Å². The molecule has 6 nitrogen and oxygen atoms in total. The molecule has 0 unspecified atom stereocenters. The highest BCUT2D eigenvalue weighted by molar-refractivity contribution is 6.30. The maximum Gasteiger partial charge on any atom is 0.387 e. The molecule has 3 rings (SSSR count). The van der Waals surface area contributed by atoms with Crippen LogP contribution in [0.1, 0.15) is 30.1 Å². The molecule has 1 aromatic heterocycles. The number of nitrogens with zero attached hydrogens (tertiary/aromatic N) is 3. The van der Waals surface area contributed by atoms with E-state index in [2.05, 4.69) is 14.9 Å². The zero-order valence-corrected chi connectivity index (χ0v) is 16.4. The molecule has 0 N–H and O–H groups in total. The number of aromatic nitrogens is 2. The molecule has 2 aromatic carbocycles. The van der Waals surface area contributed by atoms with Crippen molar-refractivity contribution in [3.05, 3.63) is 65.0 Å². The van der Waals surface area contributed by atoms with E-state index in [4.69, 9.17) is 16.0 Å². The molecule has 0 atom stereocenters. The van der Waals surface area contributed by atoms with Crippen LogP contribution in [0.3, 0.4) is 0 Å². The molecule has 0 aliphatic carbocycles. The number of carbonyl (C=O) groups is 1. The molecule has 0 aliphatic heterocycles. The lowest BCUT2D eigenvalue weighted by Crippen LogP contribution is -2.36. The molecule has 0 spiro atoms. The Labute approximate surface area is 171 Å². The van der Waals surface area contributed by atoms with E-state index in [1.54, 1.807) is 29.2 Å². The second-order valence-corrected chi connectivity index (χ2v) is 6.87. The van der Waals surface area contributed by atoms with Gasteiger partial charge in [0.05, 0.1) is 6.54 Å². The minimum Gasteiger partial charge on any atom is -0.435 e. The second kappa shape index (κ2) is 9.00. The standard InChI is InChI=1S/C20H18ClF2N3O3/c1-12(2)26(19(27)14-5-9-16(10-6-14)28-20(22)23)11-17-24-25-18(29-17)13-3-7-15(21)8-4-13/h3-10,12,20H,11H2,1-2H3. The zero-order valence-electron chi connectivity index (χ0n) is 15.7. The fraction of sp³-hybridized carbons (Fsp3) is 0.250. The van der Waals surface area contributed by atoms with Crippen molar-refractivity contribution in [2.75, 3.05) is 0 Å². The summed E-state index contributed by atoms with van der Waals surface area (Å²) in [5.74, 6) is 0.281. The molecular formula is C20H18ClF2N3O3. The number of carbonyl (C=O) groups excluding carboxylic acids is 1. The van der Waals surface area contributed by atoms with Crippen LogP contribution in [0.4, 0.5) is 8.78 Å². The Morgan fingerprint density at radius 2 is 1.76 bits per heavy atom. The van der Waals surface area contributed by atoms with Crippen molar-refractivity contribution in [3.63, 3.8) is 0 Å². The van der Waals surface area contributed by atoms with Crippen molar-refractivity contribution in [3.8, 4) is 17.2 Å². The van der Waals surface area contributed by atoms with Gasteiger partial charge in [0.2, 0.25) is 11.8 Å². The Balaban J connectivity index is 1.75. The van der Waals surface area contributed by atoms with Gasteiger partial charge in [0.15, 0.2) is 0 Å². The largest absolute Gasteiger partial charge is 0.435 e. The fourth-order valence-electron chi connectivity index (χ4n) is 2.61. The monoisotopic (exact) mass is 421 g/mol. The van der Waals surface area contributed by atoms with E-state index < -0.39 is 6.61 Å². The van der Waals surface area contributed by atoms with Crippen LogP contribution in [0.15, 0.2) is 52.9 Å². The normalized spacial score (nSPS) is 11.1. The van der Waals surface area contributed by atoms with E-state index in [-0.39, 0.29) is 30.1 Å². The van der Waals surface area contributed by atoms with Crippen molar-refractivity contribution in [1.29, 1.82) is 0 Å². The van der Waals surface area contributed by atoms with Crippen LogP contribution in [-0.2, 0) is 6.54 Å². The Morgan fingerprint density at radius 1 is 1.10 bits per heavy atom. The molecular weight excluding hydrogens is 404 g/mol. The number of hydrogen-bond donors (Lipinski definition) is 0. The van der Waals surface area contributed by atoms with Gasteiger partial charge in [-0.15, -0.1) is 10.2 Å². The first-order chi connectivity index (χ1) is 13.8. The van der Waals surface area contributed by atoms with Crippen molar-refractivity contribution in [2.45, 2.75) is 33.0 Å². The summed E-state index contributed by atoms with van der Waals surface area (Å²) in [4.78, 5) is 14.4. The minimum absolute atomic E-state index is 0.0165. The maximum atomic E-state index is 12.9. The third-order valence-electron chi connectivity index (χ3n) is 4.07. The number of halogens is 3. The molecule has 0 aliphatic rings. The first-order valence-corrected chi connectivity index (χ1v) is 9.15. The van der Waals surface area contributed by atoms with Crippen LogP contribution in [-0.4, -0.2) is 33.7 Å².